The van der Waals surface area contributed by atoms with Crippen molar-refractivity contribution in [3.63, 3.8) is 0 Å². The normalized spacial score (nSPS) is 10.9. The van der Waals surface area contributed by atoms with E-state index in [-0.39, 0.29) is 13.2 Å². The molecule has 0 fully saturated rings. The monoisotopic (exact) mass is 518 g/mol. The maximum atomic E-state index is 8.98. The third kappa shape index (κ3) is 6.00. The SMILES string of the molecule is COc1cc(COc2nn(-c3ccccc3)cc2C=CC#N)ccc1OCc1nc(-c2ccccc2)oc1C. The van der Waals surface area contributed by atoms with Crippen molar-refractivity contribution in [3.05, 3.63) is 114 Å². The molecule has 8 nitrogen and oxygen atoms in total. The molecule has 194 valence electrons. The van der Waals surface area contributed by atoms with Crippen molar-refractivity contribution in [1.29, 1.82) is 5.26 Å². The number of benzene rings is 3. The Morgan fingerprint density at radius 2 is 1.72 bits per heavy atom. The Morgan fingerprint density at radius 3 is 2.46 bits per heavy atom. The number of aromatic nitrogens is 3. The lowest BCUT2D eigenvalue weighted by atomic mass is 10.2. The van der Waals surface area contributed by atoms with Gasteiger partial charge in [0.2, 0.25) is 11.8 Å². The van der Waals surface area contributed by atoms with Gasteiger partial charge in [-0.3, -0.25) is 0 Å². The number of ether oxygens (including phenoxy) is 3. The van der Waals surface area contributed by atoms with Gasteiger partial charge in [0.05, 0.1) is 24.4 Å². The molecule has 0 aliphatic carbocycles. The van der Waals surface area contributed by atoms with Gasteiger partial charge in [0.15, 0.2) is 11.5 Å². The predicted molar refractivity (Wildman–Crippen MR) is 147 cm³/mol. The number of aryl methyl sites for hydroxylation is 1. The maximum absolute atomic E-state index is 8.98. The summed E-state index contributed by atoms with van der Waals surface area (Å²) in [7, 11) is 1.59. The van der Waals surface area contributed by atoms with Gasteiger partial charge in [0, 0.05) is 17.8 Å². The lowest BCUT2D eigenvalue weighted by Gasteiger charge is -2.12. The molecule has 0 saturated carbocycles. The lowest BCUT2D eigenvalue weighted by Crippen LogP contribution is -2.02. The fraction of sp³-hybridized carbons (Fsp3) is 0.129. The molecule has 2 aromatic heterocycles. The highest BCUT2D eigenvalue weighted by atomic mass is 16.5. The molecule has 0 bridgehead atoms. The van der Waals surface area contributed by atoms with E-state index in [1.165, 1.54) is 6.08 Å². The zero-order valence-electron chi connectivity index (χ0n) is 21.6. The van der Waals surface area contributed by atoms with Crippen LogP contribution in [-0.2, 0) is 13.2 Å². The number of oxazole rings is 1. The number of allylic oxidation sites excluding steroid dienone is 1. The minimum Gasteiger partial charge on any atom is -0.493 e. The number of methoxy groups -OCH3 is 1. The van der Waals surface area contributed by atoms with E-state index in [4.69, 9.17) is 23.9 Å². The van der Waals surface area contributed by atoms with E-state index in [0.717, 1.165) is 22.5 Å². The van der Waals surface area contributed by atoms with Crippen LogP contribution in [0.15, 0.2) is 95.6 Å². The highest BCUT2D eigenvalue weighted by Crippen LogP contribution is 2.31. The van der Waals surface area contributed by atoms with Gasteiger partial charge in [-0.2, -0.15) is 5.26 Å². The summed E-state index contributed by atoms with van der Waals surface area (Å²) in [6, 6.07) is 27.1. The Hall–Kier alpha value is -5.29. The molecule has 39 heavy (non-hydrogen) atoms. The van der Waals surface area contributed by atoms with Crippen LogP contribution in [0.4, 0.5) is 0 Å². The summed E-state index contributed by atoms with van der Waals surface area (Å²) in [6.07, 6.45) is 4.90. The van der Waals surface area contributed by atoms with Gasteiger partial charge < -0.3 is 18.6 Å². The van der Waals surface area contributed by atoms with Crippen LogP contribution in [0.5, 0.6) is 17.4 Å². The summed E-state index contributed by atoms with van der Waals surface area (Å²) in [6.45, 7) is 2.35. The molecule has 0 saturated heterocycles. The largest absolute Gasteiger partial charge is 0.493 e. The van der Waals surface area contributed by atoms with E-state index in [1.54, 1.807) is 17.9 Å². The fourth-order valence-electron chi connectivity index (χ4n) is 3.92. The van der Waals surface area contributed by atoms with Crippen molar-refractivity contribution in [3.8, 4) is 40.6 Å². The van der Waals surface area contributed by atoms with Crippen LogP contribution in [-0.4, -0.2) is 21.9 Å². The summed E-state index contributed by atoms with van der Waals surface area (Å²) >= 11 is 0. The molecule has 0 spiro atoms. The van der Waals surface area contributed by atoms with Gasteiger partial charge in [-0.25, -0.2) is 9.67 Å². The Bertz CT molecular complexity index is 1620. The van der Waals surface area contributed by atoms with Crippen LogP contribution in [0.1, 0.15) is 22.6 Å². The molecule has 0 aliphatic rings. The first kappa shape index (κ1) is 25.4. The first-order valence-corrected chi connectivity index (χ1v) is 12.3. The molecule has 0 radical (unpaired) electrons. The second kappa shape index (κ2) is 11.8. The number of rotatable bonds is 10. The fourth-order valence-corrected chi connectivity index (χ4v) is 3.92. The molecule has 5 aromatic rings. The number of para-hydroxylation sites is 1. The molecule has 8 heteroatoms. The molecular formula is C31H26N4O4. The van der Waals surface area contributed by atoms with Crippen molar-refractivity contribution in [2.24, 2.45) is 0 Å². The molecule has 2 heterocycles. The summed E-state index contributed by atoms with van der Waals surface area (Å²) in [4.78, 5) is 4.60. The average molecular weight is 519 g/mol. The van der Waals surface area contributed by atoms with Crippen molar-refractivity contribution in [1.82, 2.24) is 14.8 Å². The van der Waals surface area contributed by atoms with E-state index < -0.39 is 0 Å². The van der Waals surface area contributed by atoms with E-state index in [1.807, 2.05) is 98.1 Å². The average Bonchev–Trinajstić information content (AvgIpc) is 3.57. The zero-order valence-corrected chi connectivity index (χ0v) is 21.6. The van der Waals surface area contributed by atoms with Gasteiger partial charge in [0.25, 0.3) is 0 Å². The molecule has 0 amide bonds. The van der Waals surface area contributed by atoms with Crippen LogP contribution in [0.2, 0.25) is 0 Å². The molecule has 0 N–H and O–H groups in total. The summed E-state index contributed by atoms with van der Waals surface area (Å²) in [5.74, 6) is 2.83. The Morgan fingerprint density at radius 1 is 0.949 bits per heavy atom. The van der Waals surface area contributed by atoms with Gasteiger partial charge in [-0.05, 0) is 55.0 Å². The lowest BCUT2D eigenvalue weighted by molar-refractivity contribution is 0.275. The van der Waals surface area contributed by atoms with Crippen molar-refractivity contribution >= 4 is 6.08 Å². The number of hydrogen-bond acceptors (Lipinski definition) is 7. The molecule has 0 unspecified atom stereocenters. The van der Waals surface area contributed by atoms with Crippen LogP contribution >= 0.6 is 0 Å². The van der Waals surface area contributed by atoms with Gasteiger partial charge in [-0.1, -0.05) is 42.5 Å². The summed E-state index contributed by atoms with van der Waals surface area (Å²) in [5.41, 5.74) is 4.09. The topological polar surface area (TPSA) is 95.3 Å². The maximum Gasteiger partial charge on any atom is 0.240 e. The molecule has 0 aliphatic heterocycles. The van der Waals surface area contributed by atoms with Gasteiger partial charge >= 0.3 is 0 Å². The Balaban J connectivity index is 1.28. The van der Waals surface area contributed by atoms with Crippen LogP contribution in [0.25, 0.3) is 23.2 Å². The Labute approximate surface area is 226 Å². The summed E-state index contributed by atoms with van der Waals surface area (Å²) in [5, 5.41) is 13.5. The number of nitriles is 1. The third-order valence-electron chi connectivity index (χ3n) is 5.95. The quantitative estimate of drug-likeness (QED) is 0.194. The molecule has 0 atom stereocenters. The predicted octanol–water partition coefficient (Wildman–Crippen LogP) is 6.54. The van der Waals surface area contributed by atoms with Gasteiger partial charge in [0.1, 0.15) is 24.7 Å². The van der Waals surface area contributed by atoms with Crippen LogP contribution < -0.4 is 14.2 Å². The van der Waals surface area contributed by atoms with Gasteiger partial charge in [-0.15, -0.1) is 5.10 Å². The van der Waals surface area contributed by atoms with Crippen molar-refractivity contribution in [2.75, 3.05) is 7.11 Å². The van der Waals surface area contributed by atoms with E-state index in [2.05, 4.69) is 10.1 Å². The van der Waals surface area contributed by atoms with E-state index >= 15 is 0 Å². The standard InChI is InChI=1S/C31H26N4O4/c1-22-27(33-30(39-22)24-10-5-3-6-11-24)21-37-28-16-15-23(18-29(28)36-2)20-38-31-25(12-9-17-32)19-35(34-31)26-13-7-4-8-14-26/h3-16,18-19H,20-21H2,1-2H3. The third-order valence-corrected chi connectivity index (χ3v) is 5.95. The van der Waals surface area contributed by atoms with E-state index in [0.29, 0.717) is 34.6 Å². The molecule has 5 rings (SSSR count). The first-order valence-electron chi connectivity index (χ1n) is 12.3. The second-order valence-electron chi connectivity index (χ2n) is 8.58. The number of nitrogens with zero attached hydrogens (tertiary/aromatic N) is 4. The van der Waals surface area contributed by atoms with Crippen molar-refractivity contribution in [2.45, 2.75) is 20.1 Å². The molecular weight excluding hydrogens is 492 g/mol. The molecule has 3 aromatic carbocycles. The first-order chi connectivity index (χ1) is 19.1. The Kier molecular flexibility index (Phi) is 7.70. The van der Waals surface area contributed by atoms with E-state index in [9.17, 15) is 0 Å². The highest BCUT2D eigenvalue weighted by Gasteiger charge is 2.15. The highest BCUT2D eigenvalue weighted by molar-refractivity contribution is 5.57. The van der Waals surface area contributed by atoms with Crippen molar-refractivity contribution < 1.29 is 18.6 Å². The van der Waals surface area contributed by atoms with Crippen LogP contribution in [0.3, 0.4) is 0 Å². The minimum absolute atomic E-state index is 0.236. The second-order valence-corrected chi connectivity index (χ2v) is 8.58. The smallest absolute Gasteiger partial charge is 0.240 e. The number of hydrogen-bond donors (Lipinski definition) is 0. The minimum atomic E-state index is 0.236. The van der Waals surface area contributed by atoms with Crippen LogP contribution in [0, 0.1) is 18.3 Å². The zero-order chi connectivity index (χ0) is 27.0. The summed E-state index contributed by atoms with van der Waals surface area (Å²) < 4.78 is 25.2.